The number of nitrogens with zero attached hydrogens (tertiary/aromatic N) is 1. The topological polar surface area (TPSA) is 55.2 Å². The van der Waals surface area contributed by atoms with Crippen LogP contribution in [-0.4, -0.2) is 22.5 Å². The summed E-state index contributed by atoms with van der Waals surface area (Å²) in [6.07, 6.45) is 8.61. The van der Waals surface area contributed by atoms with E-state index in [1.165, 1.54) is 32.1 Å². The first-order valence-corrected chi connectivity index (χ1v) is 8.37. The number of nitro groups is 1. The minimum absolute atomic E-state index is 0.210. The number of hydrogen-bond donors (Lipinski definition) is 1. The van der Waals surface area contributed by atoms with Crippen molar-refractivity contribution in [1.29, 1.82) is 0 Å². The van der Waals surface area contributed by atoms with Crippen LogP contribution in [0.4, 0.5) is 5.69 Å². The van der Waals surface area contributed by atoms with Gasteiger partial charge in [-0.15, -0.1) is 0 Å². The fourth-order valence-electron chi connectivity index (χ4n) is 2.91. The molecule has 110 valence electrons. The molecule has 1 fully saturated rings. The molecule has 1 N–H and O–H groups in total. The van der Waals surface area contributed by atoms with Crippen molar-refractivity contribution in [3.05, 3.63) is 39.9 Å². The highest BCUT2D eigenvalue weighted by Crippen LogP contribution is 2.38. The Kier molecular flexibility index (Phi) is 5.43. The molecule has 2 rings (SSSR count). The summed E-state index contributed by atoms with van der Waals surface area (Å²) < 4.78 is 0.321. The molecule has 0 saturated heterocycles. The summed E-state index contributed by atoms with van der Waals surface area (Å²) in [5.41, 5.74) is 0.978. The fourth-order valence-corrected chi connectivity index (χ4v) is 3.86. The molecule has 1 saturated carbocycles. The Morgan fingerprint density at radius 1 is 1.30 bits per heavy atom. The van der Waals surface area contributed by atoms with E-state index in [4.69, 9.17) is 0 Å². The predicted octanol–water partition coefficient (Wildman–Crippen LogP) is 3.75. The zero-order valence-corrected chi connectivity index (χ0v) is 12.7. The third kappa shape index (κ3) is 3.73. The molecule has 1 aliphatic carbocycles. The van der Waals surface area contributed by atoms with E-state index in [0.29, 0.717) is 11.3 Å². The molecule has 1 aromatic rings. The van der Waals surface area contributed by atoms with Gasteiger partial charge in [-0.25, -0.2) is 0 Å². The molecule has 0 atom stereocenters. The Bertz CT molecular complexity index is 459. The van der Waals surface area contributed by atoms with Crippen LogP contribution in [0.15, 0.2) is 24.3 Å². The highest BCUT2D eigenvalue weighted by atomic mass is 32.2. The normalized spacial score (nSPS) is 17.9. The van der Waals surface area contributed by atoms with Crippen molar-refractivity contribution < 1.29 is 4.92 Å². The van der Waals surface area contributed by atoms with Gasteiger partial charge < -0.3 is 5.32 Å². The molecule has 0 radical (unpaired) electrons. The van der Waals surface area contributed by atoms with Crippen LogP contribution in [0, 0.1) is 10.1 Å². The molecule has 20 heavy (non-hydrogen) atoms. The van der Waals surface area contributed by atoms with Crippen LogP contribution in [0.1, 0.15) is 37.7 Å². The van der Waals surface area contributed by atoms with Crippen molar-refractivity contribution in [1.82, 2.24) is 5.32 Å². The second-order valence-electron chi connectivity index (χ2n) is 5.44. The van der Waals surface area contributed by atoms with Gasteiger partial charge in [-0.05, 0) is 19.1 Å². The summed E-state index contributed by atoms with van der Waals surface area (Å²) in [6, 6.07) is 6.97. The summed E-state index contributed by atoms with van der Waals surface area (Å²) in [7, 11) is 0. The van der Waals surface area contributed by atoms with Crippen molar-refractivity contribution in [3.63, 3.8) is 0 Å². The largest absolute Gasteiger partial charge is 0.311 e. The lowest BCUT2D eigenvalue weighted by atomic mass is 9.88. The van der Waals surface area contributed by atoms with Gasteiger partial charge in [-0.1, -0.05) is 37.5 Å². The minimum atomic E-state index is -0.304. The van der Waals surface area contributed by atoms with E-state index < -0.39 is 0 Å². The van der Waals surface area contributed by atoms with Crippen LogP contribution in [-0.2, 0) is 6.54 Å². The van der Waals surface area contributed by atoms with E-state index in [9.17, 15) is 10.1 Å². The third-order valence-corrected chi connectivity index (χ3v) is 5.57. The first-order valence-electron chi connectivity index (χ1n) is 7.15. The summed E-state index contributed by atoms with van der Waals surface area (Å²) in [5, 5.41) is 14.4. The van der Waals surface area contributed by atoms with Crippen molar-refractivity contribution in [2.24, 2.45) is 0 Å². The average Bonchev–Trinajstić information content (AvgIpc) is 2.48. The molecular weight excluding hydrogens is 272 g/mol. The van der Waals surface area contributed by atoms with Crippen LogP contribution in [0.3, 0.4) is 0 Å². The van der Waals surface area contributed by atoms with Crippen LogP contribution >= 0.6 is 11.8 Å². The van der Waals surface area contributed by atoms with E-state index in [-0.39, 0.29) is 10.6 Å². The van der Waals surface area contributed by atoms with Crippen molar-refractivity contribution in [3.8, 4) is 0 Å². The molecule has 1 aliphatic rings. The third-order valence-electron chi connectivity index (χ3n) is 4.15. The molecule has 4 nitrogen and oxygen atoms in total. The molecule has 0 spiro atoms. The average molecular weight is 294 g/mol. The summed E-state index contributed by atoms with van der Waals surface area (Å²) in [4.78, 5) is 10.7. The standard InChI is InChI=1S/C15H22N2O2S/c1-20-15(9-5-2-6-10-15)12-16-11-13-7-3-4-8-14(13)17(18)19/h3-4,7-8,16H,2,5-6,9-12H2,1H3. The first-order chi connectivity index (χ1) is 9.67. The fraction of sp³-hybridized carbons (Fsp3) is 0.600. The molecular formula is C15H22N2O2S. The number of para-hydroxylation sites is 1. The number of benzene rings is 1. The van der Waals surface area contributed by atoms with Crippen LogP contribution in [0.5, 0.6) is 0 Å². The quantitative estimate of drug-likeness (QED) is 0.641. The van der Waals surface area contributed by atoms with E-state index in [1.54, 1.807) is 12.1 Å². The van der Waals surface area contributed by atoms with Gasteiger partial charge in [0.25, 0.3) is 5.69 Å². The number of hydrogen-bond acceptors (Lipinski definition) is 4. The van der Waals surface area contributed by atoms with Gasteiger partial charge in [0.1, 0.15) is 0 Å². The van der Waals surface area contributed by atoms with E-state index in [0.717, 1.165) is 12.1 Å². The van der Waals surface area contributed by atoms with E-state index in [1.807, 2.05) is 23.9 Å². The van der Waals surface area contributed by atoms with Gasteiger partial charge in [0.05, 0.1) is 4.92 Å². The molecule has 0 aliphatic heterocycles. The molecule has 0 amide bonds. The highest BCUT2D eigenvalue weighted by molar-refractivity contribution is 8.00. The molecule has 0 aromatic heterocycles. The second kappa shape index (κ2) is 7.09. The maximum Gasteiger partial charge on any atom is 0.273 e. The predicted molar refractivity (Wildman–Crippen MR) is 84.1 cm³/mol. The number of nitro benzene ring substituents is 1. The van der Waals surface area contributed by atoms with Crippen molar-refractivity contribution in [2.45, 2.75) is 43.4 Å². The monoisotopic (exact) mass is 294 g/mol. The van der Waals surface area contributed by atoms with Crippen LogP contribution < -0.4 is 5.32 Å². The summed E-state index contributed by atoms with van der Waals surface area (Å²) in [5.74, 6) is 0. The van der Waals surface area contributed by atoms with Crippen molar-refractivity contribution >= 4 is 17.4 Å². The molecule has 1 aromatic carbocycles. The van der Waals surface area contributed by atoms with E-state index >= 15 is 0 Å². The van der Waals surface area contributed by atoms with Gasteiger partial charge in [0.15, 0.2) is 0 Å². The number of rotatable bonds is 6. The Balaban J connectivity index is 1.94. The lowest BCUT2D eigenvalue weighted by molar-refractivity contribution is -0.385. The molecule has 0 unspecified atom stereocenters. The van der Waals surface area contributed by atoms with Crippen molar-refractivity contribution in [2.75, 3.05) is 12.8 Å². The minimum Gasteiger partial charge on any atom is -0.311 e. The maximum absolute atomic E-state index is 11.0. The summed E-state index contributed by atoms with van der Waals surface area (Å²) >= 11 is 1.94. The Morgan fingerprint density at radius 2 is 2.00 bits per heavy atom. The van der Waals surface area contributed by atoms with Crippen LogP contribution in [0.25, 0.3) is 0 Å². The molecule has 5 heteroatoms. The van der Waals surface area contributed by atoms with Gasteiger partial charge in [0, 0.05) is 29.5 Å². The Labute approximate surface area is 124 Å². The van der Waals surface area contributed by atoms with Gasteiger partial charge >= 0.3 is 0 Å². The summed E-state index contributed by atoms with van der Waals surface area (Å²) in [6.45, 7) is 1.50. The van der Waals surface area contributed by atoms with Gasteiger partial charge in [-0.3, -0.25) is 10.1 Å². The Morgan fingerprint density at radius 3 is 2.65 bits per heavy atom. The smallest absolute Gasteiger partial charge is 0.273 e. The van der Waals surface area contributed by atoms with Gasteiger partial charge in [-0.2, -0.15) is 11.8 Å². The molecule has 0 heterocycles. The number of thioether (sulfide) groups is 1. The zero-order valence-electron chi connectivity index (χ0n) is 11.9. The SMILES string of the molecule is CSC1(CNCc2ccccc2[N+](=O)[O-])CCCCC1. The van der Waals surface area contributed by atoms with Crippen LogP contribution in [0.2, 0.25) is 0 Å². The second-order valence-corrected chi connectivity index (χ2v) is 6.71. The Hall–Kier alpha value is -1.07. The lowest BCUT2D eigenvalue weighted by Crippen LogP contribution is -2.39. The van der Waals surface area contributed by atoms with E-state index in [2.05, 4.69) is 11.6 Å². The molecule has 0 bridgehead atoms. The number of nitrogens with one attached hydrogen (secondary N) is 1. The zero-order chi connectivity index (χ0) is 14.4. The first kappa shape index (κ1) is 15.3. The lowest BCUT2D eigenvalue weighted by Gasteiger charge is -2.36. The maximum atomic E-state index is 11.0. The van der Waals surface area contributed by atoms with Gasteiger partial charge in [0.2, 0.25) is 0 Å². The highest BCUT2D eigenvalue weighted by Gasteiger charge is 2.30.